The zero-order valence-corrected chi connectivity index (χ0v) is 14.2. The summed E-state index contributed by atoms with van der Waals surface area (Å²) in [6.45, 7) is 3.67. The lowest BCUT2D eigenvalue weighted by Crippen LogP contribution is -2.45. The molecular formula is C19H28F4. The molecule has 23 heavy (non-hydrogen) atoms. The fraction of sp³-hybridized carbons (Fsp3) is 0.789. The summed E-state index contributed by atoms with van der Waals surface area (Å²) >= 11 is 0. The maximum absolute atomic E-state index is 14.1. The van der Waals surface area contributed by atoms with Crippen LogP contribution in [0.15, 0.2) is 23.3 Å². The van der Waals surface area contributed by atoms with E-state index in [1.807, 2.05) is 0 Å². The number of halogens is 4. The number of hydrogen-bond acceptors (Lipinski definition) is 0. The van der Waals surface area contributed by atoms with Gasteiger partial charge in [-0.15, -0.1) is 0 Å². The Bertz CT molecular complexity index is 454. The van der Waals surface area contributed by atoms with Crippen molar-refractivity contribution in [1.82, 2.24) is 0 Å². The van der Waals surface area contributed by atoms with Crippen molar-refractivity contribution >= 4 is 0 Å². The van der Waals surface area contributed by atoms with Crippen molar-refractivity contribution in [1.29, 1.82) is 0 Å². The van der Waals surface area contributed by atoms with E-state index in [9.17, 15) is 17.6 Å². The van der Waals surface area contributed by atoms with Crippen LogP contribution in [0.4, 0.5) is 17.6 Å². The maximum Gasteiger partial charge on any atom is 0.335 e. The largest absolute Gasteiger partial charge is 0.335 e. The first kappa shape index (κ1) is 18.5. The smallest absolute Gasteiger partial charge is 0.194 e. The average molecular weight is 332 g/mol. The molecule has 4 heteroatoms. The molecule has 2 rings (SSSR count). The fourth-order valence-electron chi connectivity index (χ4n) is 3.97. The van der Waals surface area contributed by atoms with Crippen molar-refractivity contribution < 1.29 is 17.6 Å². The third kappa shape index (κ3) is 3.83. The molecule has 1 fully saturated rings. The summed E-state index contributed by atoms with van der Waals surface area (Å²) in [5.41, 5.74) is -0.860. The second-order valence-electron chi connectivity index (χ2n) is 7.10. The lowest BCUT2D eigenvalue weighted by Gasteiger charge is -2.34. The van der Waals surface area contributed by atoms with Crippen molar-refractivity contribution in [3.63, 3.8) is 0 Å². The van der Waals surface area contributed by atoms with Gasteiger partial charge < -0.3 is 0 Å². The van der Waals surface area contributed by atoms with Gasteiger partial charge in [0, 0.05) is 11.1 Å². The van der Waals surface area contributed by atoms with Gasteiger partial charge in [-0.3, -0.25) is 0 Å². The van der Waals surface area contributed by atoms with E-state index < -0.39 is 23.0 Å². The molecule has 0 aromatic rings. The molecule has 0 nitrogen and oxygen atoms in total. The van der Waals surface area contributed by atoms with Crippen LogP contribution in [0.25, 0.3) is 0 Å². The number of hydrogen-bond donors (Lipinski definition) is 0. The highest BCUT2D eigenvalue weighted by molar-refractivity contribution is 5.37. The first-order valence-corrected chi connectivity index (χ1v) is 8.99. The molecule has 1 saturated carbocycles. The quantitative estimate of drug-likeness (QED) is 0.463. The highest BCUT2D eigenvalue weighted by Gasteiger charge is 2.60. The zero-order valence-electron chi connectivity index (χ0n) is 14.2. The normalized spacial score (nSPS) is 29.8. The number of rotatable bonds is 6. The van der Waals surface area contributed by atoms with Gasteiger partial charge >= 0.3 is 11.8 Å². The molecule has 0 heterocycles. The van der Waals surface area contributed by atoms with E-state index in [1.54, 1.807) is 0 Å². The van der Waals surface area contributed by atoms with E-state index in [0.29, 0.717) is 12.3 Å². The summed E-state index contributed by atoms with van der Waals surface area (Å²) in [5.74, 6) is -6.90. The zero-order chi connectivity index (χ0) is 17.1. The van der Waals surface area contributed by atoms with Gasteiger partial charge in [0.15, 0.2) is 0 Å². The predicted octanol–water partition coefficient (Wildman–Crippen LogP) is 6.92. The molecule has 132 valence electrons. The van der Waals surface area contributed by atoms with Crippen LogP contribution in [0.2, 0.25) is 0 Å². The lowest BCUT2D eigenvalue weighted by atomic mass is 9.77. The van der Waals surface area contributed by atoms with Crippen LogP contribution in [-0.4, -0.2) is 11.8 Å². The van der Waals surface area contributed by atoms with Crippen LogP contribution < -0.4 is 0 Å². The molecule has 0 radical (unpaired) electrons. The highest BCUT2D eigenvalue weighted by Crippen LogP contribution is 2.49. The molecule has 0 N–H and O–H groups in total. The van der Waals surface area contributed by atoms with Gasteiger partial charge in [0.1, 0.15) is 0 Å². The molecule has 0 aliphatic heterocycles. The lowest BCUT2D eigenvalue weighted by molar-refractivity contribution is -0.165. The van der Waals surface area contributed by atoms with Crippen LogP contribution in [0, 0.1) is 11.8 Å². The van der Waals surface area contributed by atoms with Gasteiger partial charge in [-0.25, -0.2) is 0 Å². The fourth-order valence-corrected chi connectivity index (χ4v) is 3.97. The van der Waals surface area contributed by atoms with Crippen LogP contribution in [0.1, 0.15) is 71.6 Å². The minimum atomic E-state index is -4.04. The second kappa shape index (κ2) is 7.40. The summed E-state index contributed by atoms with van der Waals surface area (Å²) in [6, 6.07) is 0. The van der Waals surface area contributed by atoms with Crippen LogP contribution in [0.3, 0.4) is 0 Å². The molecule has 0 saturated heterocycles. The number of allylic oxidation sites excluding steroid dienone is 4. The Balaban J connectivity index is 1.93. The van der Waals surface area contributed by atoms with Gasteiger partial charge in [-0.2, -0.15) is 17.6 Å². The third-order valence-electron chi connectivity index (χ3n) is 5.55. The predicted molar refractivity (Wildman–Crippen MR) is 85.9 cm³/mol. The van der Waals surface area contributed by atoms with E-state index in [0.717, 1.165) is 31.6 Å². The molecular weight excluding hydrogens is 304 g/mol. The maximum atomic E-state index is 14.1. The summed E-state index contributed by atoms with van der Waals surface area (Å²) in [4.78, 5) is 0. The number of alkyl halides is 4. The summed E-state index contributed by atoms with van der Waals surface area (Å²) in [6.07, 6.45) is 9.92. The molecule has 0 aromatic carbocycles. The van der Waals surface area contributed by atoms with E-state index in [1.165, 1.54) is 31.9 Å². The monoisotopic (exact) mass is 332 g/mol. The standard InChI is InChI=1S/C19H28F4/c1-3-5-14-6-8-15(9-7-14)10-11-17-13-12-16(4-2)18(20,21)19(17,22)23/h12-15H,3-11H2,1-2H3. The van der Waals surface area contributed by atoms with E-state index in [4.69, 9.17) is 0 Å². The Hall–Kier alpha value is -0.800. The van der Waals surface area contributed by atoms with Crippen molar-refractivity contribution in [2.24, 2.45) is 11.8 Å². The van der Waals surface area contributed by atoms with Gasteiger partial charge in [-0.05, 0) is 31.1 Å². The summed E-state index contributed by atoms with van der Waals surface area (Å²) in [7, 11) is 0. The van der Waals surface area contributed by atoms with Crippen LogP contribution in [-0.2, 0) is 0 Å². The van der Waals surface area contributed by atoms with Crippen molar-refractivity contribution in [2.45, 2.75) is 83.5 Å². The van der Waals surface area contributed by atoms with Gasteiger partial charge in [0.25, 0.3) is 0 Å². The van der Waals surface area contributed by atoms with Crippen molar-refractivity contribution in [3.05, 3.63) is 23.3 Å². The average Bonchev–Trinajstić information content (AvgIpc) is 2.51. The Labute approximate surface area is 137 Å². The minimum Gasteiger partial charge on any atom is -0.194 e. The SMILES string of the molecule is CCCC1CCC(CCC2=CC=C(CC)C(F)(F)C2(F)F)CC1. The van der Waals surface area contributed by atoms with Gasteiger partial charge in [0.2, 0.25) is 0 Å². The topological polar surface area (TPSA) is 0 Å². The molecule has 0 atom stereocenters. The second-order valence-corrected chi connectivity index (χ2v) is 7.10. The highest BCUT2D eigenvalue weighted by atomic mass is 19.3. The first-order valence-electron chi connectivity index (χ1n) is 8.99. The van der Waals surface area contributed by atoms with Crippen LogP contribution >= 0.6 is 0 Å². The Morgan fingerprint density at radius 3 is 1.83 bits per heavy atom. The minimum absolute atomic E-state index is 0.0478. The summed E-state index contributed by atoms with van der Waals surface area (Å²) in [5, 5.41) is 0. The molecule has 0 unspecified atom stereocenters. The molecule has 0 spiro atoms. The van der Waals surface area contributed by atoms with E-state index >= 15 is 0 Å². The third-order valence-corrected chi connectivity index (χ3v) is 5.55. The molecule has 0 amide bonds. The Kier molecular flexibility index (Phi) is 5.96. The Morgan fingerprint density at radius 1 is 0.826 bits per heavy atom. The first-order chi connectivity index (χ1) is 10.8. The molecule has 2 aliphatic carbocycles. The van der Waals surface area contributed by atoms with Gasteiger partial charge in [0.05, 0.1) is 0 Å². The Morgan fingerprint density at radius 2 is 1.30 bits per heavy atom. The van der Waals surface area contributed by atoms with E-state index in [-0.39, 0.29) is 12.8 Å². The summed E-state index contributed by atoms with van der Waals surface area (Å²) < 4.78 is 56.2. The van der Waals surface area contributed by atoms with Crippen molar-refractivity contribution in [3.8, 4) is 0 Å². The molecule has 0 bridgehead atoms. The van der Waals surface area contributed by atoms with Crippen LogP contribution in [0.5, 0.6) is 0 Å². The molecule has 0 aromatic heterocycles. The van der Waals surface area contributed by atoms with Crippen molar-refractivity contribution in [2.75, 3.05) is 0 Å². The van der Waals surface area contributed by atoms with E-state index in [2.05, 4.69) is 6.92 Å². The van der Waals surface area contributed by atoms with Gasteiger partial charge in [-0.1, -0.05) is 64.5 Å². The molecule has 2 aliphatic rings.